The summed E-state index contributed by atoms with van der Waals surface area (Å²) in [5, 5.41) is 8.47. The minimum Gasteiger partial charge on any atom is -0.322 e. The van der Waals surface area contributed by atoms with Gasteiger partial charge in [-0.05, 0) is 30.2 Å². The summed E-state index contributed by atoms with van der Waals surface area (Å²) in [6.45, 7) is 1.81. The number of anilines is 1. The third-order valence-electron chi connectivity index (χ3n) is 4.01. The second-order valence-corrected chi connectivity index (χ2v) is 7.30. The number of pyridine rings is 1. The minimum absolute atomic E-state index is 0.0337. The number of nitrogens with one attached hydrogen (secondary N) is 2. The van der Waals surface area contributed by atoms with Crippen molar-refractivity contribution in [3.63, 3.8) is 0 Å². The van der Waals surface area contributed by atoms with E-state index in [-0.39, 0.29) is 16.1 Å². The minimum atomic E-state index is -3.92. The van der Waals surface area contributed by atoms with E-state index in [9.17, 15) is 18.0 Å². The molecule has 1 amide bonds. The van der Waals surface area contributed by atoms with Crippen LogP contribution >= 0.6 is 0 Å². The van der Waals surface area contributed by atoms with Crippen LogP contribution in [0.5, 0.6) is 0 Å². The Kier molecular flexibility index (Phi) is 4.62. The molecule has 0 radical (unpaired) electrons. The Morgan fingerprint density at radius 3 is 2.58 bits per heavy atom. The molecule has 0 fully saturated rings. The SMILES string of the molecule is CCc1ccc(NC(=O)c2cc(=O)[nH]c3ccccc23)cc1S(N)(=O)=O. The van der Waals surface area contributed by atoms with Gasteiger partial charge in [0, 0.05) is 22.7 Å². The van der Waals surface area contributed by atoms with Gasteiger partial charge < -0.3 is 10.3 Å². The Labute approximate surface area is 149 Å². The van der Waals surface area contributed by atoms with Crippen molar-refractivity contribution in [1.29, 1.82) is 0 Å². The molecule has 1 aromatic heterocycles. The molecule has 0 atom stereocenters. The van der Waals surface area contributed by atoms with Gasteiger partial charge in [-0.3, -0.25) is 9.59 Å². The van der Waals surface area contributed by atoms with Crippen LogP contribution in [0.25, 0.3) is 10.9 Å². The molecule has 4 N–H and O–H groups in total. The molecule has 2 aromatic carbocycles. The van der Waals surface area contributed by atoms with Crippen molar-refractivity contribution in [2.24, 2.45) is 5.14 Å². The first-order valence-corrected chi connectivity index (χ1v) is 9.43. The number of sulfonamides is 1. The third kappa shape index (κ3) is 3.51. The lowest BCUT2D eigenvalue weighted by Gasteiger charge is -2.11. The highest BCUT2D eigenvalue weighted by atomic mass is 32.2. The van der Waals surface area contributed by atoms with Crippen molar-refractivity contribution in [3.05, 3.63) is 70.0 Å². The molecule has 0 unspecified atom stereocenters. The third-order valence-corrected chi connectivity index (χ3v) is 5.00. The Hall–Kier alpha value is -2.97. The Bertz CT molecular complexity index is 1170. The molecule has 0 bridgehead atoms. The lowest BCUT2D eigenvalue weighted by molar-refractivity contribution is 0.102. The van der Waals surface area contributed by atoms with Crippen LogP contribution in [0.1, 0.15) is 22.8 Å². The molecule has 0 aliphatic rings. The average molecular weight is 371 g/mol. The van der Waals surface area contributed by atoms with Crippen LogP contribution in [0, 0.1) is 0 Å². The number of rotatable bonds is 4. The van der Waals surface area contributed by atoms with Crippen molar-refractivity contribution in [2.75, 3.05) is 5.32 Å². The summed E-state index contributed by atoms with van der Waals surface area (Å²) in [5.74, 6) is -0.517. The molecular formula is C18H17N3O4S. The first kappa shape index (κ1) is 17.8. The zero-order chi connectivity index (χ0) is 18.9. The number of H-pyrrole nitrogens is 1. The van der Waals surface area contributed by atoms with E-state index in [0.717, 1.165) is 0 Å². The predicted octanol–water partition coefficient (Wildman–Crippen LogP) is 1.99. The molecule has 8 heteroatoms. The number of aromatic amines is 1. The van der Waals surface area contributed by atoms with E-state index in [2.05, 4.69) is 10.3 Å². The molecule has 26 heavy (non-hydrogen) atoms. The largest absolute Gasteiger partial charge is 0.322 e. The van der Waals surface area contributed by atoms with E-state index >= 15 is 0 Å². The number of benzene rings is 2. The first-order chi connectivity index (χ1) is 12.3. The van der Waals surface area contributed by atoms with Gasteiger partial charge in [0.15, 0.2) is 0 Å². The summed E-state index contributed by atoms with van der Waals surface area (Å²) in [6, 6.07) is 12.7. The molecule has 0 saturated carbocycles. The Morgan fingerprint density at radius 1 is 1.15 bits per heavy atom. The monoisotopic (exact) mass is 371 g/mol. The summed E-state index contributed by atoms with van der Waals surface area (Å²) < 4.78 is 23.5. The van der Waals surface area contributed by atoms with Crippen LogP contribution in [0.4, 0.5) is 5.69 Å². The summed E-state index contributed by atoms with van der Waals surface area (Å²) in [7, 11) is -3.92. The van der Waals surface area contributed by atoms with Gasteiger partial charge in [-0.25, -0.2) is 13.6 Å². The van der Waals surface area contributed by atoms with E-state index in [0.29, 0.717) is 22.9 Å². The number of amides is 1. The van der Waals surface area contributed by atoms with Gasteiger partial charge >= 0.3 is 0 Å². The number of nitrogens with two attached hydrogens (primary N) is 1. The maximum Gasteiger partial charge on any atom is 0.256 e. The number of fused-ring (bicyclic) bond motifs is 1. The lowest BCUT2D eigenvalue weighted by atomic mass is 10.1. The van der Waals surface area contributed by atoms with E-state index in [1.807, 2.05) is 6.92 Å². The fourth-order valence-electron chi connectivity index (χ4n) is 2.78. The molecule has 0 saturated heterocycles. The number of aromatic nitrogens is 1. The second-order valence-electron chi connectivity index (χ2n) is 5.77. The number of hydrogen-bond acceptors (Lipinski definition) is 4. The highest BCUT2D eigenvalue weighted by Gasteiger charge is 2.16. The van der Waals surface area contributed by atoms with Gasteiger partial charge in [0.05, 0.1) is 10.5 Å². The normalized spacial score (nSPS) is 11.5. The molecular weight excluding hydrogens is 354 g/mol. The molecule has 0 spiro atoms. The Balaban J connectivity index is 2.03. The van der Waals surface area contributed by atoms with Crippen molar-refractivity contribution in [3.8, 4) is 0 Å². The second kappa shape index (κ2) is 6.74. The van der Waals surface area contributed by atoms with E-state index < -0.39 is 21.5 Å². The van der Waals surface area contributed by atoms with Crippen molar-refractivity contribution in [1.82, 2.24) is 4.98 Å². The molecule has 0 aliphatic carbocycles. The van der Waals surface area contributed by atoms with Crippen LogP contribution in [-0.2, 0) is 16.4 Å². The number of primary sulfonamides is 1. The highest BCUT2D eigenvalue weighted by Crippen LogP contribution is 2.22. The quantitative estimate of drug-likeness (QED) is 0.649. The molecule has 3 rings (SSSR count). The number of hydrogen-bond donors (Lipinski definition) is 3. The van der Waals surface area contributed by atoms with Crippen LogP contribution in [0.3, 0.4) is 0 Å². The predicted molar refractivity (Wildman–Crippen MR) is 99.7 cm³/mol. The summed E-state index contributed by atoms with van der Waals surface area (Å²) >= 11 is 0. The van der Waals surface area contributed by atoms with Crippen LogP contribution in [0.15, 0.2) is 58.2 Å². The fraction of sp³-hybridized carbons (Fsp3) is 0.111. The van der Waals surface area contributed by atoms with Gasteiger partial charge in [0.2, 0.25) is 15.6 Å². The summed E-state index contributed by atoms with van der Waals surface area (Å²) in [5.41, 5.74) is 1.17. The molecule has 7 nitrogen and oxygen atoms in total. The zero-order valence-electron chi connectivity index (χ0n) is 13.9. The number of carbonyl (C=O) groups excluding carboxylic acids is 1. The molecule has 1 heterocycles. The van der Waals surface area contributed by atoms with E-state index in [1.54, 1.807) is 36.4 Å². The zero-order valence-corrected chi connectivity index (χ0v) is 14.8. The summed E-state index contributed by atoms with van der Waals surface area (Å²) in [6.07, 6.45) is 0.485. The maximum atomic E-state index is 12.7. The van der Waals surface area contributed by atoms with Crippen molar-refractivity contribution >= 4 is 32.5 Å². The Morgan fingerprint density at radius 2 is 1.88 bits per heavy atom. The van der Waals surface area contributed by atoms with Gasteiger partial charge in [-0.15, -0.1) is 0 Å². The van der Waals surface area contributed by atoms with Gasteiger partial charge in [0.25, 0.3) is 5.91 Å². The first-order valence-electron chi connectivity index (χ1n) is 7.88. The molecule has 134 valence electrons. The summed E-state index contributed by atoms with van der Waals surface area (Å²) in [4.78, 5) is 27.1. The van der Waals surface area contributed by atoms with E-state index in [1.165, 1.54) is 12.1 Å². The topological polar surface area (TPSA) is 122 Å². The molecule has 0 aliphatic heterocycles. The number of para-hydroxylation sites is 1. The maximum absolute atomic E-state index is 12.7. The lowest BCUT2D eigenvalue weighted by Crippen LogP contribution is -2.18. The van der Waals surface area contributed by atoms with Crippen molar-refractivity contribution in [2.45, 2.75) is 18.2 Å². The van der Waals surface area contributed by atoms with Crippen LogP contribution in [0.2, 0.25) is 0 Å². The standard InChI is InChI=1S/C18H17N3O4S/c1-2-11-7-8-12(9-16(11)26(19,24)25)20-18(23)14-10-17(22)21-15-6-4-3-5-13(14)15/h3-10H,2H2,1H3,(H,20,23)(H,21,22)(H2,19,24,25). The van der Waals surface area contributed by atoms with Gasteiger partial charge in [-0.2, -0.15) is 0 Å². The van der Waals surface area contributed by atoms with Gasteiger partial charge in [0.1, 0.15) is 0 Å². The average Bonchev–Trinajstić information content (AvgIpc) is 2.60. The van der Waals surface area contributed by atoms with Crippen LogP contribution < -0.4 is 16.0 Å². The number of aryl methyl sites for hydroxylation is 1. The highest BCUT2D eigenvalue weighted by molar-refractivity contribution is 7.89. The molecule has 3 aromatic rings. The van der Waals surface area contributed by atoms with Gasteiger partial charge in [-0.1, -0.05) is 31.2 Å². The number of carbonyl (C=O) groups is 1. The smallest absolute Gasteiger partial charge is 0.256 e. The van der Waals surface area contributed by atoms with E-state index in [4.69, 9.17) is 5.14 Å². The fourth-order valence-corrected chi connectivity index (χ4v) is 3.65. The van der Waals surface area contributed by atoms with Crippen LogP contribution in [-0.4, -0.2) is 19.3 Å². The van der Waals surface area contributed by atoms with Crippen molar-refractivity contribution < 1.29 is 13.2 Å².